The molecule has 0 aromatic rings. The SMILES string of the molecule is C1CCSC1.CCCCC(=O)ON1C(=O)CCC1=O. The second-order valence-electron chi connectivity index (χ2n) is 4.47. The number of imide groups is 1. The lowest BCUT2D eigenvalue weighted by molar-refractivity contribution is -0.197. The molecule has 5 nitrogen and oxygen atoms in total. The van der Waals surface area contributed by atoms with Crippen molar-refractivity contribution in [1.29, 1.82) is 0 Å². The Kier molecular flexibility index (Phi) is 7.55. The number of rotatable bonds is 4. The van der Waals surface area contributed by atoms with E-state index in [9.17, 15) is 14.4 Å². The minimum Gasteiger partial charge on any atom is -0.330 e. The average Bonchev–Trinajstić information content (AvgIpc) is 3.05. The fourth-order valence-electron chi connectivity index (χ4n) is 1.64. The second-order valence-corrected chi connectivity index (χ2v) is 5.69. The van der Waals surface area contributed by atoms with Crippen LogP contribution in [0.4, 0.5) is 0 Å². The molecule has 0 unspecified atom stereocenters. The number of hydroxylamine groups is 2. The Morgan fingerprint density at radius 1 is 1.21 bits per heavy atom. The van der Waals surface area contributed by atoms with E-state index in [1.807, 2.05) is 6.92 Å². The number of unbranched alkanes of at least 4 members (excludes halogenated alkanes) is 1. The van der Waals surface area contributed by atoms with E-state index in [2.05, 4.69) is 16.6 Å². The maximum atomic E-state index is 11.1. The summed E-state index contributed by atoms with van der Waals surface area (Å²) in [5.41, 5.74) is 0. The van der Waals surface area contributed by atoms with Gasteiger partial charge in [0.1, 0.15) is 0 Å². The van der Waals surface area contributed by atoms with Crippen molar-refractivity contribution in [3.05, 3.63) is 0 Å². The largest absolute Gasteiger partial charge is 0.333 e. The smallest absolute Gasteiger partial charge is 0.330 e. The molecule has 2 aliphatic rings. The molecule has 0 radical (unpaired) electrons. The molecule has 0 bridgehead atoms. The summed E-state index contributed by atoms with van der Waals surface area (Å²) in [5, 5.41) is 0.581. The van der Waals surface area contributed by atoms with Crippen LogP contribution in [0.3, 0.4) is 0 Å². The maximum absolute atomic E-state index is 11.1. The summed E-state index contributed by atoms with van der Waals surface area (Å²) < 4.78 is 0. The number of thioether (sulfide) groups is 1. The molecule has 0 saturated carbocycles. The van der Waals surface area contributed by atoms with Crippen LogP contribution in [0.15, 0.2) is 0 Å². The van der Waals surface area contributed by atoms with Gasteiger partial charge in [-0.05, 0) is 30.8 Å². The number of hydrogen-bond donors (Lipinski definition) is 0. The summed E-state index contributed by atoms with van der Waals surface area (Å²) in [6, 6.07) is 0. The highest BCUT2D eigenvalue weighted by molar-refractivity contribution is 7.99. The second kappa shape index (κ2) is 8.96. The van der Waals surface area contributed by atoms with Crippen molar-refractivity contribution in [2.75, 3.05) is 11.5 Å². The summed E-state index contributed by atoms with van der Waals surface area (Å²) in [6.45, 7) is 1.94. The molecule has 2 heterocycles. The Balaban J connectivity index is 0.000000300. The first kappa shape index (κ1) is 16.0. The van der Waals surface area contributed by atoms with Crippen molar-refractivity contribution in [3.8, 4) is 0 Å². The van der Waals surface area contributed by atoms with Crippen LogP contribution in [0, 0.1) is 0 Å². The molecule has 0 atom stereocenters. The summed E-state index contributed by atoms with van der Waals surface area (Å²) in [7, 11) is 0. The van der Waals surface area contributed by atoms with Gasteiger partial charge in [-0.2, -0.15) is 11.8 Å². The van der Waals surface area contributed by atoms with E-state index in [0.717, 1.165) is 6.42 Å². The van der Waals surface area contributed by atoms with Crippen LogP contribution in [0.2, 0.25) is 0 Å². The minimum atomic E-state index is -0.518. The monoisotopic (exact) mass is 287 g/mol. The number of amides is 2. The zero-order valence-corrected chi connectivity index (χ0v) is 12.2. The number of carbonyl (C=O) groups is 3. The Morgan fingerprint density at radius 2 is 1.79 bits per heavy atom. The Morgan fingerprint density at radius 3 is 2.21 bits per heavy atom. The summed E-state index contributed by atoms with van der Waals surface area (Å²) in [5.74, 6) is 1.45. The fourth-order valence-corrected chi connectivity index (χ4v) is 2.66. The molecular formula is C13H21NO4S. The maximum Gasteiger partial charge on any atom is 0.333 e. The highest BCUT2D eigenvalue weighted by Gasteiger charge is 2.32. The van der Waals surface area contributed by atoms with Crippen LogP contribution in [-0.4, -0.2) is 34.4 Å². The van der Waals surface area contributed by atoms with E-state index in [4.69, 9.17) is 0 Å². The van der Waals surface area contributed by atoms with Gasteiger partial charge in [-0.1, -0.05) is 13.3 Å². The van der Waals surface area contributed by atoms with E-state index in [1.165, 1.54) is 24.3 Å². The molecule has 19 heavy (non-hydrogen) atoms. The third kappa shape index (κ3) is 6.09. The summed E-state index contributed by atoms with van der Waals surface area (Å²) >= 11 is 2.07. The predicted octanol–water partition coefficient (Wildman–Crippen LogP) is 2.30. The van der Waals surface area contributed by atoms with E-state index in [1.54, 1.807) is 0 Å². The molecular weight excluding hydrogens is 266 g/mol. The van der Waals surface area contributed by atoms with Crippen molar-refractivity contribution in [3.63, 3.8) is 0 Å². The first-order valence-corrected chi connectivity index (χ1v) is 7.95. The van der Waals surface area contributed by atoms with Gasteiger partial charge in [-0.15, -0.1) is 5.06 Å². The van der Waals surface area contributed by atoms with Gasteiger partial charge in [0.15, 0.2) is 0 Å². The lowest BCUT2D eigenvalue weighted by atomic mass is 10.3. The molecule has 0 spiro atoms. The molecule has 2 rings (SSSR count). The standard InChI is InChI=1S/C9H13NO4.C4H8S/c1-2-3-4-9(13)14-10-7(11)5-6-8(10)12;1-2-4-5-3-1/h2-6H2,1H3;1-4H2. The van der Waals surface area contributed by atoms with Gasteiger partial charge >= 0.3 is 5.97 Å². The van der Waals surface area contributed by atoms with E-state index >= 15 is 0 Å². The molecule has 108 valence electrons. The van der Waals surface area contributed by atoms with Gasteiger partial charge in [0.25, 0.3) is 11.8 Å². The van der Waals surface area contributed by atoms with E-state index < -0.39 is 17.8 Å². The summed E-state index contributed by atoms with van der Waals surface area (Å²) in [4.78, 5) is 37.8. The zero-order valence-electron chi connectivity index (χ0n) is 11.4. The van der Waals surface area contributed by atoms with Crippen LogP contribution in [-0.2, 0) is 19.2 Å². The number of carbonyl (C=O) groups excluding carboxylic acids is 3. The lowest BCUT2D eigenvalue weighted by Crippen LogP contribution is -2.31. The van der Waals surface area contributed by atoms with Gasteiger partial charge < -0.3 is 4.84 Å². The van der Waals surface area contributed by atoms with Crippen molar-refractivity contribution in [1.82, 2.24) is 5.06 Å². The molecule has 0 N–H and O–H groups in total. The molecule has 6 heteroatoms. The fraction of sp³-hybridized carbons (Fsp3) is 0.769. The van der Waals surface area contributed by atoms with Crippen LogP contribution >= 0.6 is 11.8 Å². The topological polar surface area (TPSA) is 63.7 Å². The van der Waals surface area contributed by atoms with E-state index in [0.29, 0.717) is 11.5 Å². The lowest BCUT2D eigenvalue weighted by Gasteiger charge is -2.11. The Labute approximate surface area is 118 Å². The van der Waals surface area contributed by atoms with Gasteiger partial charge in [-0.25, -0.2) is 4.79 Å². The van der Waals surface area contributed by atoms with Crippen LogP contribution in [0.5, 0.6) is 0 Å². The molecule has 0 aliphatic carbocycles. The quantitative estimate of drug-likeness (QED) is 0.742. The zero-order chi connectivity index (χ0) is 14.1. The molecule has 2 aliphatic heterocycles. The molecule has 2 fully saturated rings. The highest BCUT2D eigenvalue weighted by atomic mass is 32.2. The average molecular weight is 287 g/mol. The van der Waals surface area contributed by atoms with Gasteiger partial charge in [-0.3, -0.25) is 9.59 Å². The molecule has 0 aromatic heterocycles. The Hall–Kier alpha value is -1.04. The first-order valence-electron chi connectivity index (χ1n) is 6.79. The van der Waals surface area contributed by atoms with E-state index in [-0.39, 0.29) is 19.3 Å². The third-order valence-corrected chi connectivity index (χ3v) is 3.92. The van der Waals surface area contributed by atoms with Crippen molar-refractivity contribution in [2.45, 2.75) is 51.9 Å². The highest BCUT2D eigenvalue weighted by Crippen LogP contribution is 2.15. The third-order valence-electron chi connectivity index (χ3n) is 2.76. The summed E-state index contributed by atoms with van der Waals surface area (Å²) in [6.07, 6.45) is 5.02. The van der Waals surface area contributed by atoms with Crippen LogP contribution < -0.4 is 0 Å². The molecule has 0 aromatic carbocycles. The minimum absolute atomic E-state index is 0.139. The predicted molar refractivity (Wildman–Crippen MR) is 73.3 cm³/mol. The van der Waals surface area contributed by atoms with Gasteiger partial charge in [0.2, 0.25) is 0 Å². The Bertz CT molecular complexity index is 305. The van der Waals surface area contributed by atoms with Gasteiger partial charge in [0.05, 0.1) is 0 Å². The normalized spacial score (nSPS) is 18.3. The van der Waals surface area contributed by atoms with Crippen LogP contribution in [0.1, 0.15) is 51.9 Å². The number of nitrogens with zero attached hydrogens (tertiary/aromatic N) is 1. The molecule has 2 saturated heterocycles. The van der Waals surface area contributed by atoms with Crippen LogP contribution in [0.25, 0.3) is 0 Å². The molecule has 2 amide bonds. The van der Waals surface area contributed by atoms with Gasteiger partial charge in [0, 0.05) is 19.3 Å². The van der Waals surface area contributed by atoms with Crippen molar-refractivity contribution < 1.29 is 19.2 Å². The first-order chi connectivity index (χ1) is 9.15. The number of hydrogen-bond acceptors (Lipinski definition) is 5. The van der Waals surface area contributed by atoms with Crippen molar-refractivity contribution >= 4 is 29.5 Å². The van der Waals surface area contributed by atoms with Crippen molar-refractivity contribution in [2.24, 2.45) is 0 Å².